The van der Waals surface area contributed by atoms with Crippen LogP contribution >= 0.6 is 0 Å². The average Bonchev–Trinajstić information content (AvgIpc) is 1.80. The lowest BCUT2D eigenvalue weighted by molar-refractivity contribution is -0.144. The van der Waals surface area contributed by atoms with E-state index in [1.165, 1.54) is 0 Å². The van der Waals surface area contributed by atoms with Gasteiger partial charge in [-0.2, -0.15) is 0 Å². The lowest BCUT2D eigenvalue weighted by Gasteiger charge is -2.16. The molecule has 1 unspecified atom stereocenters. The highest BCUT2D eigenvalue weighted by atomic mass is 16.5. The van der Waals surface area contributed by atoms with E-state index in [4.69, 9.17) is 4.74 Å². The van der Waals surface area contributed by atoms with Gasteiger partial charge in [0, 0.05) is 12.0 Å². The van der Waals surface area contributed by atoms with Crippen molar-refractivity contribution < 1.29 is 9.53 Å². The number of cyclic esters (lactones) is 1. The normalized spacial score (nSPS) is 27.1. The molecule has 1 heterocycles. The van der Waals surface area contributed by atoms with E-state index in [1.54, 1.807) is 6.92 Å². The van der Waals surface area contributed by atoms with Crippen LogP contribution in [0.15, 0.2) is 11.6 Å². The molecule has 1 aliphatic heterocycles. The molecule has 0 saturated carbocycles. The first kappa shape index (κ1) is 6.33. The molecule has 0 N–H and O–H groups in total. The molecule has 0 bridgehead atoms. The summed E-state index contributed by atoms with van der Waals surface area (Å²) in [6.07, 6.45) is 2.84. The Morgan fingerprint density at radius 2 is 2.44 bits per heavy atom. The van der Waals surface area contributed by atoms with Crippen LogP contribution in [-0.4, -0.2) is 12.1 Å². The largest absolute Gasteiger partial charge is 0.459 e. The summed E-state index contributed by atoms with van der Waals surface area (Å²) in [5.41, 5.74) is 0.730. The quantitative estimate of drug-likeness (QED) is 0.457. The Balaban J connectivity index is 2.68. The third-order valence-corrected chi connectivity index (χ3v) is 1.39. The summed E-state index contributed by atoms with van der Waals surface area (Å²) >= 11 is 0. The van der Waals surface area contributed by atoms with E-state index in [2.05, 4.69) is 0 Å². The van der Waals surface area contributed by atoms with Crippen LogP contribution in [0.4, 0.5) is 0 Å². The van der Waals surface area contributed by atoms with Gasteiger partial charge in [-0.3, -0.25) is 0 Å². The molecule has 0 amide bonds. The van der Waals surface area contributed by atoms with Crippen molar-refractivity contribution in [2.75, 3.05) is 0 Å². The summed E-state index contributed by atoms with van der Waals surface area (Å²) in [7, 11) is 0. The molecule has 50 valence electrons. The second kappa shape index (κ2) is 2.21. The Morgan fingerprint density at radius 1 is 1.78 bits per heavy atom. The van der Waals surface area contributed by atoms with Crippen LogP contribution in [0.1, 0.15) is 20.3 Å². The van der Waals surface area contributed by atoms with E-state index in [9.17, 15) is 4.79 Å². The summed E-state index contributed by atoms with van der Waals surface area (Å²) in [4.78, 5) is 10.7. The molecule has 0 fully saturated rings. The molecule has 2 heteroatoms. The fourth-order valence-corrected chi connectivity index (χ4v) is 0.750. The number of ether oxygens (including phenoxy) is 1. The van der Waals surface area contributed by atoms with Gasteiger partial charge in [0.2, 0.25) is 0 Å². The minimum atomic E-state index is -0.172. The van der Waals surface area contributed by atoms with Gasteiger partial charge in [-0.25, -0.2) is 4.79 Å². The summed E-state index contributed by atoms with van der Waals surface area (Å²) in [5.74, 6) is -0.172. The molecular formula is C7H10O2. The van der Waals surface area contributed by atoms with E-state index < -0.39 is 0 Å². The zero-order chi connectivity index (χ0) is 6.85. The van der Waals surface area contributed by atoms with Gasteiger partial charge in [0.1, 0.15) is 6.10 Å². The number of esters is 1. The standard InChI is InChI=1S/C7H10O2/c1-5-3-4-6(2)9-7(5)8/h3,6H,4H2,1-2H3. The fraction of sp³-hybridized carbons (Fsp3) is 0.571. The Kier molecular flexibility index (Phi) is 1.56. The maximum atomic E-state index is 10.7. The third-order valence-electron chi connectivity index (χ3n) is 1.39. The fourth-order valence-electron chi connectivity index (χ4n) is 0.750. The molecule has 9 heavy (non-hydrogen) atoms. The first-order chi connectivity index (χ1) is 4.20. The molecular weight excluding hydrogens is 116 g/mol. The predicted octanol–water partition coefficient (Wildman–Crippen LogP) is 1.27. The van der Waals surface area contributed by atoms with Crippen molar-refractivity contribution >= 4 is 5.97 Å². The lowest BCUT2D eigenvalue weighted by Crippen LogP contribution is -2.19. The SMILES string of the molecule is CC1=CCC(C)OC1=O. The maximum Gasteiger partial charge on any atom is 0.333 e. The van der Waals surface area contributed by atoms with Crippen molar-refractivity contribution in [1.82, 2.24) is 0 Å². The molecule has 0 aromatic rings. The number of carbonyl (C=O) groups is 1. The molecule has 0 aromatic carbocycles. The zero-order valence-electron chi connectivity index (χ0n) is 5.68. The van der Waals surface area contributed by atoms with Crippen LogP contribution in [-0.2, 0) is 9.53 Å². The van der Waals surface area contributed by atoms with Gasteiger partial charge in [-0.05, 0) is 13.8 Å². The van der Waals surface area contributed by atoms with Crippen LogP contribution in [0.25, 0.3) is 0 Å². The Bertz CT molecular complexity index is 158. The highest BCUT2D eigenvalue weighted by Crippen LogP contribution is 2.11. The smallest absolute Gasteiger partial charge is 0.333 e. The van der Waals surface area contributed by atoms with Crippen molar-refractivity contribution in [3.8, 4) is 0 Å². The van der Waals surface area contributed by atoms with Gasteiger partial charge < -0.3 is 4.74 Å². The topological polar surface area (TPSA) is 26.3 Å². The van der Waals surface area contributed by atoms with Crippen LogP contribution in [0.5, 0.6) is 0 Å². The second-order valence-electron chi connectivity index (χ2n) is 2.34. The molecule has 0 aromatic heterocycles. The van der Waals surface area contributed by atoms with Crippen LogP contribution < -0.4 is 0 Å². The van der Waals surface area contributed by atoms with E-state index in [1.807, 2.05) is 13.0 Å². The molecule has 2 nitrogen and oxygen atoms in total. The monoisotopic (exact) mass is 126 g/mol. The predicted molar refractivity (Wildman–Crippen MR) is 33.9 cm³/mol. The zero-order valence-corrected chi connectivity index (χ0v) is 5.68. The van der Waals surface area contributed by atoms with E-state index in [0.717, 1.165) is 12.0 Å². The van der Waals surface area contributed by atoms with Gasteiger partial charge >= 0.3 is 5.97 Å². The Morgan fingerprint density at radius 3 is 2.89 bits per heavy atom. The van der Waals surface area contributed by atoms with Gasteiger partial charge in [0.15, 0.2) is 0 Å². The molecule has 0 radical (unpaired) electrons. The molecule has 0 aliphatic carbocycles. The second-order valence-corrected chi connectivity index (χ2v) is 2.34. The Labute approximate surface area is 54.5 Å². The van der Waals surface area contributed by atoms with Crippen LogP contribution in [0, 0.1) is 0 Å². The summed E-state index contributed by atoms with van der Waals surface area (Å²) < 4.78 is 4.89. The minimum absolute atomic E-state index is 0.0706. The van der Waals surface area contributed by atoms with Crippen molar-refractivity contribution in [1.29, 1.82) is 0 Å². The van der Waals surface area contributed by atoms with Crippen molar-refractivity contribution in [3.05, 3.63) is 11.6 Å². The summed E-state index contributed by atoms with van der Waals surface area (Å²) in [6, 6.07) is 0. The van der Waals surface area contributed by atoms with Crippen molar-refractivity contribution in [2.24, 2.45) is 0 Å². The molecule has 1 atom stereocenters. The molecule has 1 aliphatic rings. The Hall–Kier alpha value is -0.790. The molecule has 1 rings (SSSR count). The van der Waals surface area contributed by atoms with E-state index in [-0.39, 0.29) is 12.1 Å². The summed E-state index contributed by atoms with van der Waals surface area (Å²) in [5, 5.41) is 0. The highest BCUT2D eigenvalue weighted by Gasteiger charge is 2.15. The van der Waals surface area contributed by atoms with Gasteiger partial charge in [0.25, 0.3) is 0 Å². The average molecular weight is 126 g/mol. The highest BCUT2D eigenvalue weighted by molar-refractivity contribution is 5.88. The van der Waals surface area contributed by atoms with Crippen LogP contribution in [0.2, 0.25) is 0 Å². The number of rotatable bonds is 0. The number of hydrogen-bond acceptors (Lipinski definition) is 2. The summed E-state index contributed by atoms with van der Waals surface area (Å²) in [6.45, 7) is 3.66. The molecule has 0 spiro atoms. The minimum Gasteiger partial charge on any atom is -0.459 e. The van der Waals surface area contributed by atoms with Gasteiger partial charge in [-0.15, -0.1) is 0 Å². The maximum absolute atomic E-state index is 10.7. The van der Waals surface area contributed by atoms with Crippen molar-refractivity contribution in [2.45, 2.75) is 26.4 Å². The van der Waals surface area contributed by atoms with Crippen LogP contribution in [0.3, 0.4) is 0 Å². The van der Waals surface area contributed by atoms with Gasteiger partial charge in [0.05, 0.1) is 0 Å². The molecule has 0 saturated heterocycles. The third kappa shape index (κ3) is 1.31. The van der Waals surface area contributed by atoms with Gasteiger partial charge in [-0.1, -0.05) is 6.08 Å². The first-order valence-electron chi connectivity index (χ1n) is 3.08. The number of carbonyl (C=O) groups excluding carboxylic acids is 1. The lowest BCUT2D eigenvalue weighted by atomic mass is 10.1. The van der Waals surface area contributed by atoms with E-state index in [0.29, 0.717) is 0 Å². The van der Waals surface area contributed by atoms with Crippen molar-refractivity contribution in [3.63, 3.8) is 0 Å². The van der Waals surface area contributed by atoms with E-state index >= 15 is 0 Å². The number of hydrogen-bond donors (Lipinski definition) is 0. The first-order valence-corrected chi connectivity index (χ1v) is 3.08.